The van der Waals surface area contributed by atoms with Gasteiger partial charge in [-0.15, -0.1) is 11.6 Å². The van der Waals surface area contributed by atoms with E-state index < -0.39 is 0 Å². The number of nitrogens with zero attached hydrogens (tertiary/aromatic N) is 3. The fraction of sp³-hybridized carbons (Fsp3) is 0.375. The molecule has 0 aliphatic carbocycles. The zero-order valence-corrected chi connectivity index (χ0v) is 13.4. The first kappa shape index (κ1) is 15.6. The Labute approximate surface area is 130 Å². The van der Waals surface area contributed by atoms with Crippen LogP contribution < -0.4 is 4.90 Å². The van der Waals surface area contributed by atoms with Gasteiger partial charge in [-0.25, -0.2) is 0 Å². The molecule has 0 saturated carbocycles. The molecule has 2 aromatic rings. The molecule has 1 aromatic carbocycles. The summed E-state index contributed by atoms with van der Waals surface area (Å²) in [5.74, 6) is -0.161. The van der Waals surface area contributed by atoms with E-state index in [-0.39, 0.29) is 11.8 Å². The van der Waals surface area contributed by atoms with E-state index in [1.807, 2.05) is 44.3 Å². The van der Waals surface area contributed by atoms with Crippen molar-refractivity contribution in [3.63, 3.8) is 0 Å². The maximum atomic E-state index is 12.3. The third-order valence-electron chi connectivity index (χ3n) is 3.45. The average Bonchev–Trinajstić information content (AvgIpc) is 2.89. The van der Waals surface area contributed by atoms with Crippen molar-refractivity contribution in [2.75, 3.05) is 10.8 Å². The van der Waals surface area contributed by atoms with E-state index in [4.69, 9.17) is 11.6 Å². The Bertz CT molecular complexity index is 636. The number of benzene rings is 1. The number of carbonyl (C=O) groups is 1. The lowest BCUT2D eigenvalue weighted by molar-refractivity contribution is -0.116. The van der Waals surface area contributed by atoms with Crippen molar-refractivity contribution in [1.29, 1.82) is 0 Å². The predicted octanol–water partition coefficient (Wildman–Crippen LogP) is 3.29. The molecule has 0 N–H and O–H groups in total. The van der Waals surface area contributed by atoms with Crippen molar-refractivity contribution in [3.05, 3.63) is 47.3 Å². The Hall–Kier alpha value is -1.81. The van der Waals surface area contributed by atoms with Gasteiger partial charge in [0, 0.05) is 6.20 Å². The summed E-state index contributed by atoms with van der Waals surface area (Å²) in [5, 5.41) is 4.36. The van der Waals surface area contributed by atoms with Crippen molar-refractivity contribution in [1.82, 2.24) is 9.78 Å². The highest BCUT2D eigenvalue weighted by molar-refractivity contribution is 6.29. The third-order valence-corrected chi connectivity index (χ3v) is 3.68. The predicted molar refractivity (Wildman–Crippen MR) is 85.7 cm³/mol. The van der Waals surface area contributed by atoms with Crippen LogP contribution in [0.1, 0.15) is 23.7 Å². The molecule has 0 unspecified atom stereocenters. The Balaban J connectivity index is 2.43. The number of alkyl halides is 1. The minimum absolute atomic E-state index is 0.0439. The molecule has 0 radical (unpaired) electrons. The number of halogens is 1. The zero-order chi connectivity index (χ0) is 15.4. The summed E-state index contributed by atoms with van der Waals surface area (Å²) < 4.78 is 1.76. The van der Waals surface area contributed by atoms with Crippen LogP contribution in [0.2, 0.25) is 0 Å². The average molecular weight is 306 g/mol. The van der Waals surface area contributed by atoms with E-state index >= 15 is 0 Å². The Morgan fingerprint density at radius 1 is 1.33 bits per heavy atom. The number of hydrogen-bond donors (Lipinski definition) is 0. The van der Waals surface area contributed by atoms with Gasteiger partial charge in [0.25, 0.3) is 0 Å². The van der Waals surface area contributed by atoms with Gasteiger partial charge in [-0.1, -0.05) is 25.1 Å². The summed E-state index contributed by atoms with van der Waals surface area (Å²) in [6, 6.07) is 7.99. The fourth-order valence-electron chi connectivity index (χ4n) is 2.42. The number of hydrogen-bond acceptors (Lipinski definition) is 2. The summed E-state index contributed by atoms with van der Waals surface area (Å²) in [7, 11) is 0. The summed E-state index contributed by atoms with van der Waals surface area (Å²) in [6.07, 6.45) is 2.73. The number of rotatable bonds is 5. The lowest BCUT2D eigenvalue weighted by atomic mass is 10.0. The second-order valence-corrected chi connectivity index (χ2v) is 5.30. The van der Waals surface area contributed by atoms with Gasteiger partial charge in [0.2, 0.25) is 5.91 Å². The lowest BCUT2D eigenvalue weighted by Crippen LogP contribution is -2.35. The molecule has 0 bridgehead atoms. The first-order valence-electron chi connectivity index (χ1n) is 7.01. The Morgan fingerprint density at radius 2 is 2.10 bits per heavy atom. The van der Waals surface area contributed by atoms with Gasteiger partial charge in [-0.2, -0.15) is 5.10 Å². The molecule has 1 heterocycles. The maximum absolute atomic E-state index is 12.3. The SMILES string of the molecule is CCc1cccc(C)c1N(Cn1ccc(C)n1)C(=O)CCl. The molecule has 4 nitrogen and oxygen atoms in total. The summed E-state index contributed by atoms with van der Waals surface area (Å²) >= 11 is 5.80. The molecule has 2 rings (SSSR count). The number of amides is 1. The second kappa shape index (κ2) is 6.76. The molecule has 0 spiro atoms. The topological polar surface area (TPSA) is 38.1 Å². The normalized spacial score (nSPS) is 10.7. The summed E-state index contributed by atoms with van der Waals surface area (Å²) in [5.41, 5.74) is 4.07. The van der Waals surface area contributed by atoms with Gasteiger partial charge in [-0.05, 0) is 37.5 Å². The van der Waals surface area contributed by atoms with Gasteiger partial charge in [0.15, 0.2) is 0 Å². The first-order valence-corrected chi connectivity index (χ1v) is 7.55. The molecule has 0 aliphatic heterocycles. The molecule has 5 heteroatoms. The third kappa shape index (κ3) is 3.45. The van der Waals surface area contributed by atoms with E-state index in [9.17, 15) is 4.79 Å². The highest BCUT2D eigenvalue weighted by atomic mass is 35.5. The van der Waals surface area contributed by atoms with Crippen molar-refractivity contribution in [2.24, 2.45) is 0 Å². The highest BCUT2D eigenvalue weighted by Gasteiger charge is 2.20. The van der Waals surface area contributed by atoms with Crippen LogP contribution in [-0.2, 0) is 17.9 Å². The van der Waals surface area contributed by atoms with Crippen LogP contribution in [0, 0.1) is 13.8 Å². The van der Waals surface area contributed by atoms with E-state index in [1.165, 1.54) is 0 Å². The van der Waals surface area contributed by atoms with Crippen LogP contribution in [0.4, 0.5) is 5.69 Å². The number of para-hydroxylation sites is 1. The highest BCUT2D eigenvalue weighted by Crippen LogP contribution is 2.26. The molecule has 0 atom stereocenters. The molecule has 1 amide bonds. The van der Waals surface area contributed by atoms with Crippen molar-refractivity contribution in [2.45, 2.75) is 33.9 Å². The molecule has 21 heavy (non-hydrogen) atoms. The van der Waals surface area contributed by atoms with E-state index in [0.717, 1.165) is 28.9 Å². The molecular weight excluding hydrogens is 286 g/mol. The fourth-order valence-corrected chi connectivity index (χ4v) is 2.57. The standard InChI is InChI=1S/C16H20ClN3O/c1-4-14-7-5-6-12(2)16(14)20(15(21)10-17)11-19-9-8-13(3)18-19/h5-9H,4,10-11H2,1-3H3. The largest absolute Gasteiger partial charge is 0.291 e. The summed E-state index contributed by atoms with van der Waals surface area (Å²) in [4.78, 5) is 14.0. The van der Waals surface area contributed by atoms with Gasteiger partial charge < -0.3 is 0 Å². The summed E-state index contributed by atoms with van der Waals surface area (Å²) in [6.45, 7) is 6.39. The van der Waals surface area contributed by atoms with E-state index in [2.05, 4.69) is 12.0 Å². The monoisotopic (exact) mass is 305 g/mol. The lowest BCUT2D eigenvalue weighted by Gasteiger charge is -2.26. The number of anilines is 1. The number of carbonyl (C=O) groups excluding carboxylic acids is 1. The Morgan fingerprint density at radius 3 is 2.67 bits per heavy atom. The van der Waals surface area contributed by atoms with Gasteiger partial charge in [0.1, 0.15) is 12.5 Å². The van der Waals surface area contributed by atoms with Gasteiger partial charge >= 0.3 is 0 Å². The van der Waals surface area contributed by atoms with Crippen molar-refractivity contribution < 1.29 is 4.79 Å². The molecule has 0 aliphatic rings. The molecule has 0 saturated heterocycles. The quantitative estimate of drug-likeness (QED) is 0.795. The minimum atomic E-state index is -0.117. The van der Waals surface area contributed by atoms with Crippen molar-refractivity contribution >= 4 is 23.2 Å². The minimum Gasteiger partial charge on any atom is -0.291 e. The molecule has 112 valence electrons. The first-order chi connectivity index (χ1) is 10.1. The molecular formula is C16H20ClN3O. The van der Waals surface area contributed by atoms with Crippen LogP contribution >= 0.6 is 11.6 Å². The van der Waals surface area contributed by atoms with Crippen molar-refractivity contribution in [3.8, 4) is 0 Å². The van der Waals surface area contributed by atoms with Crippen LogP contribution in [0.3, 0.4) is 0 Å². The second-order valence-electron chi connectivity index (χ2n) is 5.03. The van der Waals surface area contributed by atoms with Gasteiger partial charge in [0.05, 0.1) is 11.4 Å². The van der Waals surface area contributed by atoms with Crippen LogP contribution in [0.15, 0.2) is 30.5 Å². The number of aryl methyl sites for hydroxylation is 3. The van der Waals surface area contributed by atoms with Crippen LogP contribution in [0.5, 0.6) is 0 Å². The number of aromatic nitrogens is 2. The Kier molecular flexibility index (Phi) is 5.02. The zero-order valence-electron chi connectivity index (χ0n) is 12.6. The smallest absolute Gasteiger partial charge is 0.243 e. The van der Waals surface area contributed by atoms with E-state index in [0.29, 0.717) is 6.67 Å². The van der Waals surface area contributed by atoms with E-state index in [1.54, 1.807) is 9.58 Å². The van der Waals surface area contributed by atoms with Crippen LogP contribution in [-0.4, -0.2) is 21.6 Å². The van der Waals surface area contributed by atoms with Crippen LogP contribution in [0.25, 0.3) is 0 Å². The maximum Gasteiger partial charge on any atom is 0.243 e. The molecule has 0 fully saturated rings. The molecule has 1 aromatic heterocycles. The van der Waals surface area contributed by atoms with Gasteiger partial charge in [-0.3, -0.25) is 14.4 Å².